The molecule has 1 aromatic heterocycles. The second-order valence-corrected chi connectivity index (χ2v) is 14.3. The minimum absolute atomic E-state index is 0.0412. The van der Waals surface area contributed by atoms with Gasteiger partial charge in [0.1, 0.15) is 27.7 Å². The Morgan fingerprint density at radius 1 is 1.21 bits per heavy atom. The molecule has 2 heterocycles. The van der Waals surface area contributed by atoms with Crippen molar-refractivity contribution in [3.05, 3.63) is 38.2 Å². The number of nitrogens with one attached hydrogen (secondary N) is 2. The number of halogens is 2. The van der Waals surface area contributed by atoms with Gasteiger partial charge in [0.2, 0.25) is 11.8 Å². The van der Waals surface area contributed by atoms with Crippen LogP contribution in [0.3, 0.4) is 0 Å². The fourth-order valence-electron chi connectivity index (χ4n) is 4.97. The van der Waals surface area contributed by atoms with Gasteiger partial charge >= 0.3 is 12.1 Å². The van der Waals surface area contributed by atoms with Crippen molar-refractivity contribution < 1.29 is 28.7 Å². The van der Waals surface area contributed by atoms with E-state index in [4.69, 9.17) is 9.47 Å². The lowest BCUT2D eigenvalue weighted by atomic mass is 9.85. The average Bonchev–Trinajstić information content (AvgIpc) is 3.41. The zero-order chi connectivity index (χ0) is 31.8. The first-order valence-corrected chi connectivity index (χ1v) is 15.3. The second-order valence-electron chi connectivity index (χ2n) is 12.6. The summed E-state index contributed by atoms with van der Waals surface area (Å²) in [5.74, 6) is -2.03. The molecule has 2 N–H and O–H groups in total. The number of carbonyl (C=O) groups excluding carboxylic acids is 4. The highest BCUT2D eigenvalue weighted by Gasteiger charge is 2.62. The van der Waals surface area contributed by atoms with Crippen molar-refractivity contribution in [2.75, 3.05) is 13.2 Å². The van der Waals surface area contributed by atoms with Crippen molar-refractivity contribution in [2.24, 2.45) is 11.3 Å². The van der Waals surface area contributed by atoms with E-state index in [0.717, 1.165) is 0 Å². The number of carbonyl (C=O) groups is 4. The molecule has 232 valence electrons. The van der Waals surface area contributed by atoms with Crippen LogP contribution in [0.25, 0.3) is 0 Å². The van der Waals surface area contributed by atoms with Crippen LogP contribution in [-0.4, -0.2) is 74.9 Å². The number of nitrogens with zero attached hydrogens (tertiary/aromatic N) is 3. The molecule has 2 fully saturated rings. The van der Waals surface area contributed by atoms with E-state index in [1.807, 2.05) is 0 Å². The molecule has 42 heavy (non-hydrogen) atoms. The summed E-state index contributed by atoms with van der Waals surface area (Å²) < 4.78 is 12.6. The van der Waals surface area contributed by atoms with Crippen molar-refractivity contribution in [1.29, 1.82) is 0 Å². The first kappa shape index (κ1) is 33.8. The van der Waals surface area contributed by atoms with Gasteiger partial charge in [-0.25, -0.2) is 14.3 Å². The van der Waals surface area contributed by atoms with Crippen LogP contribution in [0, 0.1) is 11.3 Å². The molecular formula is C28H39Br2N5O7. The number of likely N-dealkylation sites (tertiary alicyclic amines) is 1. The highest BCUT2D eigenvalue weighted by molar-refractivity contribution is 9.13. The Morgan fingerprint density at radius 3 is 2.38 bits per heavy atom. The van der Waals surface area contributed by atoms with Gasteiger partial charge in [0.05, 0.1) is 23.3 Å². The van der Waals surface area contributed by atoms with Gasteiger partial charge in [0.25, 0.3) is 5.56 Å². The minimum Gasteiger partial charge on any atom is -0.464 e. The van der Waals surface area contributed by atoms with Gasteiger partial charge in [-0.15, -0.1) is 6.58 Å². The van der Waals surface area contributed by atoms with Crippen LogP contribution in [0.5, 0.6) is 0 Å². The Bertz CT molecular complexity index is 1320. The summed E-state index contributed by atoms with van der Waals surface area (Å²) in [6.45, 7) is 16.0. The van der Waals surface area contributed by atoms with Crippen molar-refractivity contribution in [2.45, 2.75) is 90.6 Å². The molecule has 12 nitrogen and oxygen atoms in total. The Balaban J connectivity index is 2.00. The van der Waals surface area contributed by atoms with E-state index in [0.29, 0.717) is 10.9 Å². The number of alkyl carbamates (subject to hydrolysis) is 1. The highest BCUT2D eigenvalue weighted by Crippen LogP contribution is 2.46. The summed E-state index contributed by atoms with van der Waals surface area (Å²) in [4.78, 5) is 68.0. The van der Waals surface area contributed by atoms with Crippen molar-refractivity contribution in [3.63, 3.8) is 0 Å². The zero-order valence-electron chi connectivity index (χ0n) is 25.0. The Kier molecular flexibility index (Phi) is 10.0. The average molecular weight is 717 g/mol. The fraction of sp³-hybridized carbons (Fsp3) is 0.643. The summed E-state index contributed by atoms with van der Waals surface area (Å²) in [6, 6.07) is -2.83. The fourth-order valence-corrected chi connectivity index (χ4v) is 5.52. The first-order valence-electron chi connectivity index (χ1n) is 13.7. The van der Waals surface area contributed by atoms with E-state index in [9.17, 15) is 24.0 Å². The van der Waals surface area contributed by atoms with Crippen LogP contribution in [0.15, 0.2) is 32.6 Å². The Labute approximate surface area is 262 Å². The smallest absolute Gasteiger partial charge is 0.408 e. The minimum atomic E-state index is -1.28. The van der Waals surface area contributed by atoms with Crippen molar-refractivity contribution >= 4 is 55.7 Å². The Morgan fingerprint density at radius 2 is 1.86 bits per heavy atom. The van der Waals surface area contributed by atoms with Crippen molar-refractivity contribution in [1.82, 2.24) is 25.3 Å². The van der Waals surface area contributed by atoms with Gasteiger partial charge in [-0.1, -0.05) is 26.8 Å². The maximum absolute atomic E-state index is 14.2. The molecule has 1 aliphatic carbocycles. The summed E-state index contributed by atoms with van der Waals surface area (Å²) >= 11 is 6.52. The molecule has 0 spiro atoms. The summed E-state index contributed by atoms with van der Waals surface area (Å²) in [5, 5.41) is 9.73. The predicted octanol–water partition coefficient (Wildman–Crippen LogP) is 3.47. The summed E-state index contributed by atoms with van der Waals surface area (Å²) in [6.07, 6.45) is 2.61. The summed E-state index contributed by atoms with van der Waals surface area (Å²) in [5.41, 5.74) is -3.31. The zero-order valence-corrected chi connectivity index (χ0v) is 28.1. The molecule has 14 heteroatoms. The third-order valence-corrected chi connectivity index (χ3v) is 9.07. The van der Waals surface area contributed by atoms with Gasteiger partial charge in [-0.05, 0) is 71.4 Å². The third-order valence-electron chi connectivity index (χ3n) is 7.17. The molecule has 0 bridgehead atoms. The molecule has 5 atom stereocenters. The van der Waals surface area contributed by atoms with E-state index >= 15 is 0 Å². The molecule has 3 rings (SSSR count). The van der Waals surface area contributed by atoms with Gasteiger partial charge in [-0.3, -0.25) is 14.4 Å². The molecule has 1 aromatic rings. The van der Waals surface area contributed by atoms with Crippen LogP contribution >= 0.6 is 31.9 Å². The van der Waals surface area contributed by atoms with Gasteiger partial charge < -0.3 is 25.0 Å². The molecule has 3 amide bonds. The van der Waals surface area contributed by atoms with Crippen LogP contribution in [0.4, 0.5) is 4.79 Å². The monoisotopic (exact) mass is 715 g/mol. The first-order chi connectivity index (χ1) is 19.4. The highest BCUT2D eigenvalue weighted by atomic mass is 79.9. The molecule has 5 unspecified atom stereocenters. The maximum atomic E-state index is 14.2. The van der Waals surface area contributed by atoms with E-state index in [1.54, 1.807) is 54.5 Å². The lowest BCUT2D eigenvalue weighted by Crippen LogP contribution is -2.59. The molecule has 2 aliphatic rings. The van der Waals surface area contributed by atoms with Crippen molar-refractivity contribution in [3.8, 4) is 0 Å². The van der Waals surface area contributed by atoms with Gasteiger partial charge in [0.15, 0.2) is 0 Å². The number of hydrogen-bond donors (Lipinski definition) is 2. The number of rotatable bonds is 8. The normalized spacial score (nSPS) is 24.4. The molecule has 1 saturated carbocycles. The number of amides is 3. The van der Waals surface area contributed by atoms with Crippen LogP contribution in [-0.2, 0) is 23.9 Å². The number of hydrogen-bond acceptors (Lipinski definition) is 8. The molecule has 0 aromatic carbocycles. The third kappa shape index (κ3) is 7.24. The molecular weight excluding hydrogens is 678 g/mol. The van der Waals surface area contributed by atoms with Crippen LogP contribution in [0.1, 0.15) is 67.3 Å². The SMILES string of the molecule is C=CC1CC1(NC(=O)C1CC(n2ncc(Br)c(Br)c2=O)CN1C(=O)C(NC(=O)OC(C)(C)C)C(C)(C)C)C(=O)OCC. The second kappa shape index (κ2) is 12.5. The van der Waals surface area contributed by atoms with E-state index in [1.165, 1.54) is 15.8 Å². The van der Waals surface area contributed by atoms with E-state index in [2.05, 4.69) is 54.2 Å². The maximum Gasteiger partial charge on any atom is 0.408 e. The summed E-state index contributed by atoms with van der Waals surface area (Å²) in [7, 11) is 0. The number of esters is 1. The molecule has 1 saturated heterocycles. The lowest BCUT2D eigenvalue weighted by molar-refractivity contribution is -0.150. The topological polar surface area (TPSA) is 149 Å². The largest absolute Gasteiger partial charge is 0.464 e. The van der Waals surface area contributed by atoms with Gasteiger partial charge in [0, 0.05) is 18.9 Å². The van der Waals surface area contributed by atoms with Crippen LogP contribution in [0.2, 0.25) is 0 Å². The molecule has 1 aliphatic heterocycles. The van der Waals surface area contributed by atoms with E-state index in [-0.39, 0.29) is 30.0 Å². The quantitative estimate of drug-likeness (QED) is 0.307. The lowest BCUT2D eigenvalue weighted by Gasteiger charge is -2.36. The number of ether oxygens (including phenoxy) is 2. The standard InChI is InChI=1S/C28H39Br2N5O7/c1-9-15-12-28(15,24(39)41-10-2)33-21(36)18-11-16(35-22(37)19(30)17(29)13-31-35)14-34(18)23(38)20(26(3,4)5)32-25(40)42-27(6,7)8/h9,13,15-16,18,20H,1,10-12,14H2,2-8H3,(H,32,40)(H,33,36). The Hall–Kier alpha value is -2.74. The van der Waals surface area contributed by atoms with E-state index < -0.39 is 64.1 Å². The van der Waals surface area contributed by atoms with Gasteiger partial charge in [-0.2, -0.15) is 5.10 Å². The predicted molar refractivity (Wildman–Crippen MR) is 161 cm³/mol. The van der Waals surface area contributed by atoms with Crippen LogP contribution < -0.4 is 16.2 Å². The number of aromatic nitrogens is 2. The molecule has 0 radical (unpaired) electrons.